The first-order valence-corrected chi connectivity index (χ1v) is 7.47. The Bertz CT molecular complexity index is 837. The van der Waals surface area contributed by atoms with Gasteiger partial charge in [-0.15, -0.1) is 0 Å². The van der Waals surface area contributed by atoms with Gasteiger partial charge in [-0.2, -0.15) is 0 Å². The molecule has 4 nitrogen and oxygen atoms in total. The Morgan fingerprint density at radius 2 is 1.91 bits per heavy atom. The van der Waals surface area contributed by atoms with E-state index < -0.39 is 0 Å². The molecule has 0 aliphatic rings. The van der Waals surface area contributed by atoms with Gasteiger partial charge in [-0.3, -0.25) is 4.98 Å². The maximum Gasteiger partial charge on any atom is 0.345 e. The Morgan fingerprint density at radius 3 is 2.59 bits per heavy atom. The van der Waals surface area contributed by atoms with Crippen molar-refractivity contribution in [2.75, 3.05) is 18.0 Å². The quantitative estimate of drug-likeness (QED) is 0.688. The third-order valence-electron chi connectivity index (χ3n) is 3.79. The molecule has 0 radical (unpaired) electrons. The summed E-state index contributed by atoms with van der Waals surface area (Å²) in [5.74, 6) is 0. The maximum atomic E-state index is 12.2. The Balaban J connectivity index is 2.12. The monoisotopic (exact) mass is 294 g/mol. The van der Waals surface area contributed by atoms with Crippen LogP contribution in [0.2, 0.25) is 0 Å². The summed E-state index contributed by atoms with van der Waals surface area (Å²) >= 11 is 0. The van der Waals surface area contributed by atoms with E-state index in [4.69, 9.17) is 4.42 Å². The van der Waals surface area contributed by atoms with E-state index in [9.17, 15) is 4.79 Å². The molecular formula is C18H18N2O2. The molecule has 0 spiro atoms. The van der Waals surface area contributed by atoms with Crippen molar-refractivity contribution in [1.82, 2.24) is 4.98 Å². The van der Waals surface area contributed by atoms with Crippen LogP contribution in [-0.2, 0) is 0 Å². The lowest BCUT2D eigenvalue weighted by Gasteiger charge is -2.21. The Kier molecular flexibility index (Phi) is 3.92. The van der Waals surface area contributed by atoms with Crippen molar-refractivity contribution < 1.29 is 4.42 Å². The summed E-state index contributed by atoms with van der Waals surface area (Å²) in [5, 5.41) is 0.899. The van der Waals surface area contributed by atoms with Gasteiger partial charge in [-0.1, -0.05) is 6.07 Å². The number of hydrogen-bond donors (Lipinski definition) is 0. The Hall–Kier alpha value is -2.62. The lowest BCUT2D eigenvalue weighted by atomic mass is 10.1. The molecule has 112 valence electrons. The van der Waals surface area contributed by atoms with Gasteiger partial charge in [0.1, 0.15) is 5.58 Å². The SMILES string of the molecule is CCN(CC)c1ccc2cc(-c3ccccn3)c(=O)oc2c1. The second-order valence-corrected chi connectivity index (χ2v) is 5.06. The topological polar surface area (TPSA) is 46.3 Å². The van der Waals surface area contributed by atoms with Crippen LogP contribution in [0.3, 0.4) is 0 Å². The molecule has 0 N–H and O–H groups in total. The summed E-state index contributed by atoms with van der Waals surface area (Å²) in [6, 6.07) is 13.3. The third-order valence-corrected chi connectivity index (χ3v) is 3.79. The lowest BCUT2D eigenvalue weighted by molar-refractivity contribution is 0.563. The molecule has 0 saturated carbocycles. The van der Waals surface area contributed by atoms with Crippen LogP contribution in [0.15, 0.2) is 57.9 Å². The second kappa shape index (κ2) is 6.02. The molecule has 0 amide bonds. The number of aromatic nitrogens is 1. The lowest BCUT2D eigenvalue weighted by Crippen LogP contribution is -2.21. The molecule has 3 aromatic rings. The molecule has 0 aliphatic carbocycles. The van der Waals surface area contributed by atoms with Crippen LogP contribution in [0, 0.1) is 0 Å². The predicted octanol–water partition coefficient (Wildman–Crippen LogP) is 3.70. The van der Waals surface area contributed by atoms with Crippen LogP contribution in [0.4, 0.5) is 5.69 Å². The molecule has 3 rings (SSSR count). The number of pyridine rings is 1. The van der Waals surface area contributed by atoms with Gasteiger partial charge in [-0.25, -0.2) is 4.79 Å². The highest BCUT2D eigenvalue weighted by Gasteiger charge is 2.10. The van der Waals surface area contributed by atoms with Crippen LogP contribution >= 0.6 is 0 Å². The van der Waals surface area contributed by atoms with Gasteiger partial charge in [0.25, 0.3) is 0 Å². The van der Waals surface area contributed by atoms with E-state index in [1.807, 2.05) is 36.4 Å². The van der Waals surface area contributed by atoms with E-state index in [0.29, 0.717) is 16.8 Å². The minimum absolute atomic E-state index is 0.358. The molecular weight excluding hydrogens is 276 g/mol. The van der Waals surface area contributed by atoms with Gasteiger partial charge in [0.15, 0.2) is 0 Å². The van der Waals surface area contributed by atoms with Gasteiger partial charge in [0, 0.05) is 36.4 Å². The van der Waals surface area contributed by atoms with Crippen LogP contribution in [-0.4, -0.2) is 18.1 Å². The molecule has 1 aromatic carbocycles. The van der Waals surface area contributed by atoms with Crippen LogP contribution < -0.4 is 10.5 Å². The Labute approximate surface area is 129 Å². The first kappa shape index (κ1) is 14.3. The molecule has 4 heteroatoms. The fraction of sp³-hybridized carbons (Fsp3) is 0.222. The standard InChI is InChI=1S/C18H18N2O2/c1-3-20(4-2)14-9-8-13-11-15(16-7-5-6-10-19-16)18(21)22-17(13)12-14/h5-12H,3-4H2,1-2H3. The van der Waals surface area contributed by atoms with Gasteiger partial charge in [-0.05, 0) is 44.2 Å². The highest BCUT2D eigenvalue weighted by atomic mass is 16.4. The normalized spacial score (nSPS) is 10.8. The molecule has 2 aromatic heterocycles. The van der Waals surface area contributed by atoms with E-state index in [2.05, 4.69) is 29.8 Å². The largest absolute Gasteiger partial charge is 0.422 e. The van der Waals surface area contributed by atoms with E-state index in [1.54, 1.807) is 6.20 Å². The zero-order valence-corrected chi connectivity index (χ0v) is 12.7. The summed E-state index contributed by atoms with van der Waals surface area (Å²) < 4.78 is 5.50. The zero-order chi connectivity index (χ0) is 15.5. The summed E-state index contributed by atoms with van der Waals surface area (Å²) in [6.45, 7) is 6.04. The first-order chi connectivity index (χ1) is 10.7. The fourth-order valence-corrected chi connectivity index (χ4v) is 2.59. The van der Waals surface area contributed by atoms with Crippen LogP contribution in [0.1, 0.15) is 13.8 Å². The number of anilines is 1. The highest BCUT2D eigenvalue weighted by molar-refractivity contribution is 5.84. The highest BCUT2D eigenvalue weighted by Crippen LogP contribution is 2.24. The van der Waals surface area contributed by atoms with Crippen molar-refractivity contribution in [3.8, 4) is 11.3 Å². The molecule has 2 heterocycles. The zero-order valence-electron chi connectivity index (χ0n) is 12.7. The van der Waals surface area contributed by atoms with E-state index in [-0.39, 0.29) is 5.63 Å². The molecule has 22 heavy (non-hydrogen) atoms. The minimum atomic E-state index is -0.358. The Morgan fingerprint density at radius 1 is 1.09 bits per heavy atom. The van der Waals surface area contributed by atoms with Gasteiger partial charge in [0.2, 0.25) is 0 Å². The molecule has 0 saturated heterocycles. The second-order valence-electron chi connectivity index (χ2n) is 5.06. The van der Waals surface area contributed by atoms with Crippen molar-refractivity contribution in [3.05, 3.63) is 59.1 Å². The van der Waals surface area contributed by atoms with Crippen molar-refractivity contribution in [2.45, 2.75) is 13.8 Å². The van der Waals surface area contributed by atoms with Crippen molar-refractivity contribution in [1.29, 1.82) is 0 Å². The molecule has 0 atom stereocenters. The number of hydrogen-bond acceptors (Lipinski definition) is 4. The summed E-state index contributed by atoms with van der Waals surface area (Å²) in [7, 11) is 0. The van der Waals surface area contributed by atoms with Crippen molar-refractivity contribution in [2.24, 2.45) is 0 Å². The van der Waals surface area contributed by atoms with Crippen molar-refractivity contribution in [3.63, 3.8) is 0 Å². The van der Waals surface area contributed by atoms with Gasteiger partial charge in [0.05, 0.1) is 11.3 Å². The molecule has 0 bridgehead atoms. The summed E-state index contributed by atoms with van der Waals surface area (Å²) in [5.41, 5.74) is 2.43. The number of nitrogens with zero attached hydrogens (tertiary/aromatic N) is 2. The first-order valence-electron chi connectivity index (χ1n) is 7.47. The molecule has 0 fully saturated rings. The van der Waals surface area contributed by atoms with E-state index >= 15 is 0 Å². The maximum absolute atomic E-state index is 12.2. The van der Waals surface area contributed by atoms with E-state index in [0.717, 1.165) is 24.2 Å². The number of rotatable bonds is 4. The average molecular weight is 294 g/mol. The predicted molar refractivity (Wildman–Crippen MR) is 89.3 cm³/mol. The molecule has 0 aliphatic heterocycles. The summed E-state index contributed by atoms with van der Waals surface area (Å²) in [6.07, 6.45) is 1.67. The van der Waals surface area contributed by atoms with Gasteiger partial charge < -0.3 is 9.32 Å². The summed E-state index contributed by atoms with van der Waals surface area (Å²) in [4.78, 5) is 18.7. The molecule has 0 unspecified atom stereocenters. The smallest absolute Gasteiger partial charge is 0.345 e. The third kappa shape index (κ3) is 2.60. The number of benzene rings is 1. The van der Waals surface area contributed by atoms with Crippen molar-refractivity contribution >= 4 is 16.7 Å². The fourth-order valence-electron chi connectivity index (χ4n) is 2.59. The van der Waals surface area contributed by atoms with Crippen LogP contribution in [0.5, 0.6) is 0 Å². The minimum Gasteiger partial charge on any atom is -0.422 e. The average Bonchev–Trinajstić information content (AvgIpc) is 2.56. The van der Waals surface area contributed by atoms with E-state index in [1.165, 1.54) is 0 Å². The number of fused-ring (bicyclic) bond motifs is 1. The van der Waals surface area contributed by atoms with Crippen LogP contribution in [0.25, 0.3) is 22.2 Å². The van der Waals surface area contributed by atoms with Gasteiger partial charge >= 0.3 is 5.63 Å².